The van der Waals surface area contributed by atoms with Crippen molar-refractivity contribution in [2.45, 2.75) is 20.5 Å². The summed E-state index contributed by atoms with van der Waals surface area (Å²) in [6, 6.07) is 5.20. The smallest absolute Gasteiger partial charge is 0.227 e. The van der Waals surface area contributed by atoms with E-state index in [2.05, 4.69) is 38.1 Å². The first-order valence-corrected chi connectivity index (χ1v) is 12.0. The molecule has 37 heavy (non-hydrogen) atoms. The van der Waals surface area contributed by atoms with Crippen LogP contribution in [0.2, 0.25) is 0 Å². The van der Waals surface area contributed by atoms with E-state index < -0.39 is 18.2 Å². The van der Waals surface area contributed by atoms with Crippen molar-refractivity contribution < 1.29 is 23.0 Å². The average molecular weight is 515 g/mol. The summed E-state index contributed by atoms with van der Waals surface area (Å²) in [5.74, 6) is -1.46. The summed E-state index contributed by atoms with van der Waals surface area (Å²) < 4.78 is 44.5. The van der Waals surface area contributed by atoms with Gasteiger partial charge in [0.15, 0.2) is 28.9 Å². The number of nitrogen functional groups attached to an aromatic ring is 1. The van der Waals surface area contributed by atoms with E-state index in [1.807, 2.05) is 13.0 Å². The molecular formula is C26H32F2N6O3. The van der Waals surface area contributed by atoms with Crippen LogP contribution in [0, 0.1) is 18.6 Å². The fourth-order valence-corrected chi connectivity index (χ4v) is 4.26. The van der Waals surface area contributed by atoms with Crippen molar-refractivity contribution in [3.8, 4) is 17.2 Å². The average Bonchev–Trinajstić information content (AvgIpc) is 2.91. The predicted molar refractivity (Wildman–Crippen MR) is 139 cm³/mol. The first-order valence-electron chi connectivity index (χ1n) is 12.0. The summed E-state index contributed by atoms with van der Waals surface area (Å²) in [5.41, 5.74) is 9.43. The van der Waals surface area contributed by atoms with Crippen LogP contribution < -0.4 is 30.2 Å². The highest BCUT2D eigenvalue weighted by Gasteiger charge is 2.21. The van der Waals surface area contributed by atoms with E-state index >= 15 is 0 Å². The molecule has 198 valence electrons. The molecule has 0 bridgehead atoms. The Hall–Kier alpha value is -3.86. The third kappa shape index (κ3) is 5.77. The molecule has 1 aliphatic heterocycles. The van der Waals surface area contributed by atoms with Crippen molar-refractivity contribution in [1.29, 1.82) is 0 Å². The van der Waals surface area contributed by atoms with E-state index in [-0.39, 0.29) is 22.8 Å². The molecule has 1 saturated heterocycles. The summed E-state index contributed by atoms with van der Waals surface area (Å²) in [5, 5.41) is 3.15. The molecule has 1 aromatic heterocycles. The Balaban J connectivity index is 1.43. The van der Waals surface area contributed by atoms with Crippen molar-refractivity contribution in [2.75, 3.05) is 62.9 Å². The number of nitrogens with two attached hydrogens (primary N) is 1. The van der Waals surface area contributed by atoms with Crippen LogP contribution >= 0.6 is 0 Å². The number of benzene rings is 2. The van der Waals surface area contributed by atoms with Crippen molar-refractivity contribution in [3.63, 3.8) is 0 Å². The van der Waals surface area contributed by atoms with Crippen LogP contribution in [0.4, 0.5) is 31.8 Å². The molecule has 0 atom stereocenters. The van der Waals surface area contributed by atoms with Crippen molar-refractivity contribution in [3.05, 3.63) is 53.4 Å². The molecular weight excluding hydrogens is 482 g/mol. The number of aryl methyl sites for hydroxylation is 1. The summed E-state index contributed by atoms with van der Waals surface area (Å²) in [6.07, 6.45) is 2.82. The molecule has 4 rings (SSSR count). The fraction of sp³-hybridized carbons (Fsp3) is 0.385. The van der Waals surface area contributed by atoms with Crippen molar-refractivity contribution in [1.82, 2.24) is 14.9 Å². The van der Waals surface area contributed by atoms with E-state index in [0.717, 1.165) is 55.7 Å². The molecule has 3 aromatic rings. The van der Waals surface area contributed by atoms with Gasteiger partial charge < -0.3 is 35.1 Å². The first-order chi connectivity index (χ1) is 17.8. The van der Waals surface area contributed by atoms with Gasteiger partial charge in [-0.15, -0.1) is 0 Å². The van der Waals surface area contributed by atoms with Crippen LogP contribution in [-0.2, 0) is 6.61 Å². The van der Waals surface area contributed by atoms with Crippen LogP contribution in [-0.4, -0.2) is 61.8 Å². The molecule has 0 spiro atoms. The summed E-state index contributed by atoms with van der Waals surface area (Å²) in [6.45, 7) is 8.79. The number of likely N-dealkylation sites (N-methyl/N-ethyl adjacent to an activating group) is 1. The van der Waals surface area contributed by atoms with Gasteiger partial charge >= 0.3 is 0 Å². The van der Waals surface area contributed by atoms with Gasteiger partial charge in [-0.3, -0.25) is 0 Å². The van der Waals surface area contributed by atoms with Crippen molar-refractivity contribution >= 4 is 23.0 Å². The number of piperazine rings is 1. The van der Waals surface area contributed by atoms with E-state index in [4.69, 9.17) is 19.9 Å². The zero-order chi connectivity index (χ0) is 26.5. The fourth-order valence-electron chi connectivity index (χ4n) is 4.26. The Morgan fingerprint density at radius 1 is 0.973 bits per heavy atom. The number of hydrogen-bond acceptors (Lipinski definition) is 9. The monoisotopic (exact) mass is 514 g/mol. The lowest BCUT2D eigenvalue weighted by molar-refractivity contribution is 0.271. The number of halogens is 2. The highest BCUT2D eigenvalue weighted by molar-refractivity contribution is 5.78. The minimum Gasteiger partial charge on any atom is -0.494 e. The maximum Gasteiger partial charge on any atom is 0.227 e. The lowest BCUT2D eigenvalue weighted by Crippen LogP contribution is -2.46. The number of methoxy groups -OCH3 is 2. The zero-order valence-electron chi connectivity index (χ0n) is 21.5. The quantitative estimate of drug-likeness (QED) is 0.409. The third-order valence-corrected chi connectivity index (χ3v) is 6.45. The molecule has 0 amide bonds. The van der Waals surface area contributed by atoms with Gasteiger partial charge in [-0.2, -0.15) is 0 Å². The number of rotatable bonds is 9. The highest BCUT2D eigenvalue weighted by atomic mass is 19.1. The minimum atomic E-state index is -0.860. The number of nitrogens with one attached hydrogen (secondary N) is 1. The largest absolute Gasteiger partial charge is 0.494 e. The molecule has 9 nitrogen and oxygen atoms in total. The van der Waals surface area contributed by atoms with E-state index in [1.165, 1.54) is 26.6 Å². The molecule has 0 aliphatic carbocycles. The van der Waals surface area contributed by atoms with Gasteiger partial charge in [0.25, 0.3) is 0 Å². The second kappa shape index (κ2) is 11.5. The van der Waals surface area contributed by atoms with Gasteiger partial charge in [0, 0.05) is 37.9 Å². The van der Waals surface area contributed by atoms with E-state index in [9.17, 15) is 8.78 Å². The SMILES string of the molecule is CCN1CCN(c2cc(C)c(Nc3ncc(OCc4c(F)c(OC)cc(OC)c4F)cn3)c(N)c2)CC1. The minimum absolute atomic E-state index is 0.144. The Bertz CT molecular complexity index is 1180. The Morgan fingerprint density at radius 3 is 2.14 bits per heavy atom. The molecule has 11 heteroatoms. The van der Waals surface area contributed by atoms with Crippen LogP contribution in [0.15, 0.2) is 30.6 Å². The van der Waals surface area contributed by atoms with E-state index in [0.29, 0.717) is 11.6 Å². The molecule has 3 N–H and O–H groups in total. The van der Waals surface area contributed by atoms with Crippen LogP contribution in [0.3, 0.4) is 0 Å². The van der Waals surface area contributed by atoms with Gasteiger partial charge in [0.2, 0.25) is 5.95 Å². The standard InChI is InChI=1S/C26H32F2N6O3/c1-5-33-6-8-34(9-7-33)17-10-16(2)25(20(29)11-17)32-26-30-13-18(14-31-26)37-15-19-23(27)21(35-3)12-22(36-4)24(19)28/h10-14H,5-9,15,29H2,1-4H3,(H,30,31,32). The van der Waals surface area contributed by atoms with Gasteiger partial charge in [-0.05, 0) is 31.2 Å². The number of anilines is 4. The number of aromatic nitrogens is 2. The summed E-state index contributed by atoms with van der Waals surface area (Å²) >= 11 is 0. The summed E-state index contributed by atoms with van der Waals surface area (Å²) in [4.78, 5) is 13.3. The molecule has 2 aromatic carbocycles. The van der Waals surface area contributed by atoms with Gasteiger partial charge in [-0.1, -0.05) is 6.92 Å². The van der Waals surface area contributed by atoms with Crippen LogP contribution in [0.5, 0.6) is 17.2 Å². The first kappa shape index (κ1) is 26.2. The topological polar surface area (TPSA) is 98.0 Å². The maximum atomic E-state index is 14.6. The highest BCUT2D eigenvalue weighted by Crippen LogP contribution is 2.33. The Kier molecular flexibility index (Phi) is 8.12. The molecule has 1 fully saturated rings. The van der Waals surface area contributed by atoms with E-state index in [1.54, 1.807) is 0 Å². The second-order valence-electron chi connectivity index (χ2n) is 8.69. The van der Waals surface area contributed by atoms with Crippen LogP contribution in [0.25, 0.3) is 0 Å². The maximum absolute atomic E-state index is 14.6. The van der Waals surface area contributed by atoms with Crippen LogP contribution in [0.1, 0.15) is 18.1 Å². The number of hydrogen-bond donors (Lipinski definition) is 2. The second-order valence-corrected chi connectivity index (χ2v) is 8.69. The molecule has 2 heterocycles. The van der Waals surface area contributed by atoms with Gasteiger partial charge in [0.05, 0.1) is 43.6 Å². The molecule has 0 unspecified atom stereocenters. The molecule has 1 aliphatic rings. The van der Waals surface area contributed by atoms with Gasteiger partial charge in [0.1, 0.15) is 6.61 Å². The van der Waals surface area contributed by atoms with Gasteiger partial charge in [-0.25, -0.2) is 18.7 Å². The Labute approximate surface area is 215 Å². The normalized spacial score (nSPS) is 13.9. The predicted octanol–water partition coefficient (Wildman–Crippen LogP) is 4.13. The molecule has 0 radical (unpaired) electrons. The molecule has 0 saturated carbocycles. The lowest BCUT2D eigenvalue weighted by atomic mass is 10.1. The van der Waals surface area contributed by atoms with Crippen molar-refractivity contribution in [2.24, 2.45) is 0 Å². The lowest BCUT2D eigenvalue weighted by Gasteiger charge is -2.36. The zero-order valence-corrected chi connectivity index (χ0v) is 21.5. The number of ether oxygens (including phenoxy) is 3. The number of nitrogens with zero attached hydrogens (tertiary/aromatic N) is 4. The Morgan fingerprint density at radius 2 is 1.59 bits per heavy atom. The third-order valence-electron chi connectivity index (χ3n) is 6.45. The summed E-state index contributed by atoms with van der Waals surface area (Å²) in [7, 11) is 2.57.